The summed E-state index contributed by atoms with van der Waals surface area (Å²) in [6, 6.07) is 0. The Morgan fingerprint density at radius 2 is 1.44 bits per heavy atom. The van der Waals surface area contributed by atoms with E-state index in [0.29, 0.717) is 11.6 Å². The van der Waals surface area contributed by atoms with Gasteiger partial charge in [-0.2, -0.15) is 0 Å². The number of cyclic esters (lactones) is 1. The Labute approximate surface area is 361 Å². The molecule has 13 nitrogen and oxygen atoms in total. The third-order valence-electron chi connectivity index (χ3n) is 10.8. The minimum atomic E-state index is -0.938. The molecular formula is C48H69NO12. The van der Waals surface area contributed by atoms with Gasteiger partial charge in [0, 0.05) is 38.6 Å². The molecule has 0 bridgehead atoms. The van der Waals surface area contributed by atoms with Crippen molar-refractivity contribution < 1.29 is 58.4 Å². The van der Waals surface area contributed by atoms with Gasteiger partial charge < -0.3 is 53.6 Å². The molecule has 15 atom stereocenters. The lowest BCUT2D eigenvalue weighted by Crippen LogP contribution is -2.57. The Morgan fingerprint density at radius 1 is 0.787 bits per heavy atom. The third-order valence-corrected chi connectivity index (χ3v) is 10.8. The highest BCUT2D eigenvalue weighted by molar-refractivity contribution is 5.82. The summed E-state index contributed by atoms with van der Waals surface area (Å²) in [5.41, 5.74) is 1.54. The first kappa shape index (κ1) is 51.3. The predicted molar refractivity (Wildman–Crippen MR) is 235 cm³/mol. The summed E-state index contributed by atoms with van der Waals surface area (Å²) in [5.74, 6) is -1.35. The Morgan fingerprint density at radius 3 is 2.13 bits per heavy atom. The summed E-state index contributed by atoms with van der Waals surface area (Å²) in [6.07, 6.45) is 23.7. The maximum Gasteiger partial charge on any atom is 0.331 e. The molecule has 61 heavy (non-hydrogen) atoms. The number of aliphatic hydroxyl groups is 5. The molecule has 1 fully saturated rings. The van der Waals surface area contributed by atoms with Crippen LogP contribution in [-0.2, 0) is 28.5 Å². The zero-order valence-electron chi connectivity index (χ0n) is 37.0. The number of allylic oxidation sites excluding steroid dienone is 12. The second kappa shape index (κ2) is 26.5. The van der Waals surface area contributed by atoms with E-state index in [9.17, 15) is 30.3 Å². The Bertz CT molecular complexity index is 1740. The molecule has 1 saturated heterocycles. The van der Waals surface area contributed by atoms with Crippen LogP contribution in [0.4, 0.5) is 0 Å². The number of carbonyl (C=O) groups is 1. The van der Waals surface area contributed by atoms with Crippen LogP contribution in [0.2, 0.25) is 0 Å². The van der Waals surface area contributed by atoms with Gasteiger partial charge >= 0.3 is 5.97 Å². The van der Waals surface area contributed by atoms with Crippen molar-refractivity contribution in [2.75, 3.05) is 14.2 Å². The number of ether oxygens (including phenoxy) is 5. The molecule has 2 aliphatic heterocycles. The van der Waals surface area contributed by atoms with Crippen LogP contribution < -0.4 is 0 Å². The molecule has 0 amide bonds. The molecule has 0 radical (unpaired) electrons. The van der Waals surface area contributed by atoms with E-state index >= 15 is 0 Å². The maximum atomic E-state index is 12.7. The van der Waals surface area contributed by atoms with Crippen LogP contribution in [0.3, 0.4) is 0 Å². The van der Waals surface area contributed by atoms with Crippen LogP contribution in [0, 0.1) is 11.8 Å². The van der Waals surface area contributed by atoms with E-state index in [2.05, 4.69) is 11.1 Å². The normalized spacial score (nSPS) is 32.9. The highest BCUT2D eigenvalue weighted by Gasteiger charge is 2.43. The number of methoxy groups -OCH3 is 2. The molecule has 3 heterocycles. The number of hydrogen-bond acceptors (Lipinski definition) is 13. The van der Waals surface area contributed by atoms with Gasteiger partial charge in [-0.3, -0.25) is 0 Å². The van der Waals surface area contributed by atoms with Gasteiger partial charge in [0.15, 0.2) is 5.89 Å². The van der Waals surface area contributed by atoms with E-state index in [-0.39, 0.29) is 18.8 Å². The van der Waals surface area contributed by atoms with Gasteiger partial charge in [0.2, 0.25) is 0 Å². The van der Waals surface area contributed by atoms with Crippen molar-refractivity contribution in [1.82, 2.24) is 4.98 Å². The van der Waals surface area contributed by atoms with E-state index in [4.69, 9.17) is 28.1 Å². The van der Waals surface area contributed by atoms with Crippen LogP contribution in [0.1, 0.15) is 78.8 Å². The monoisotopic (exact) mass is 851 g/mol. The lowest BCUT2D eigenvalue weighted by atomic mass is 9.90. The van der Waals surface area contributed by atoms with Gasteiger partial charge in [-0.05, 0) is 40.2 Å². The molecule has 13 heteroatoms. The summed E-state index contributed by atoms with van der Waals surface area (Å²) in [6.45, 7) is 12.7. The number of nitrogens with zero attached hydrogens (tertiary/aromatic N) is 1. The molecule has 3 rings (SSSR count). The number of carbonyl (C=O) groups excluding carboxylic acids is 1. The molecular weight excluding hydrogens is 783 g/mol. The van der Waals surface area contributed by atoms with E-state index in [1.54, 1.807) is 89.5 Å². The fourth-order valence-corrected chi connectivity index (χ4v) is 7.15. The van der Waals surface area contributed by atoms with Crippen molar-refractivity contribution >= 4 is 12.0 Å². The molecule has 2 aliphatic rings. The van der Waals surface area contributed by atoms with E-state index in [1.165, 1.54) is 19.4 Å². The summed E-state index contributed by atoms with van der Waals surface area (Å²) < 4.78 is 34.9. The lowest BCUT2D eigenvalue weighted by Gasteiger charge is -2.41. The fourth-order valence-electron chi connectivity index (χ4n) is 7.15. The maximum absolute atomic E-state index is 12.7. The van der Waals surface area contributed by atoms with E-state index in [0.717, 1.165) is 5.57 Å². The predicted octanol–water partition coefficient (Wildman–Crippen LogP) is 6.02. The largest absolute Gasteiger partial charge is 0.457 e. The molecule has 0 saturated carbocycles. The van der Waals surface area contributed by atoms with Gasteiger partial charge in [-0.15, -0.1) is 0 Å². The highest BCUT2D eigenvalue weighted by Crippen LogP contribution is 2.28. The Balaban J connectivity index is 1.66. The summed E-state index contributed by atoms with van der Waals surface area (Å²) >= 11 is 0. The van der Waals surface area contributed by atoms with Crippen LogP contribution in [-0.4, -0.2) is 124 Å². The van der Waals surface area contributed by atoms with Crippen molar-refractivity contribution in [3.05, 3.63) is 121 Å². The molecule has 1 aromatic rings. The van der Waals surface area contributed by atoms with Gasteiger partial charge in [-0.1, -0.05) is 117 Å². The van der Waals surface area contributed by atoms with Crippen LogP contribution in [0.15, 0.2) is 113 Å². The average Bonchev–Trinajstić information content (AvgIpc) is 3.68. The van der Waals surface area contributed by atoms with Gasteiger partial charge in [-0.25, -0.2) is 9.78 Å². The van der Waals surface area contributed by atoms with E-state index < -0.39 is 91.1 Å². The molecule has 0 aromatic carbocycles. The van der Waals surface area contributed by atoms with Crippen molar-refractivity contribution in [3.8, 4) is 0 Å². The SMILES string of the molecule is CO[C@@H]1[C@@H](OC)[C@H](O)[C@@H](C)O[C@H]1C=C/C=C/C=C/C(O)CC(O)C(C)c1nc(/C=C/C=C\C2OC(C(C)C(O)CC(C)O)C(C)OC(=O)\C=C/C=C/C=C\C(C)=C\C2C)co1. The lowest BCUT2D eigenvalue weighted by molar-refractivity contribution is -0.219. The van der Waals surface area contributed by atoms with Crippen LogP contribution >= 0.6 is 0 Å². The Hall–Kier alpha value is -4.02. The number of aliphatic hydroxyl groups excluding tert-OH is 5. The number of oxazole rings is 1. The zero-order chi connectivity index (χ0) is 45.1. The van der Waals surface area contributed by atoms with Gasteiger partial charge in [0.05, 0.1) is 48.6 Å². The van der Waals surface area contributed by atoms with Crippen molar-refractivity contribution in [2.24, 2.45) is 11.8 Å². The molecule has 0 spiro atoms. The first-order chi connectivity index (χ1) is 29.1. The quantitative estimate of drug-likeness (QED) is 0.0904. The van der Waals surface area contributed by atoms with Gasteiger partial charge in [0.25, 0.3) is 0 Å². The van der Waals surface area contributed by atoms with Crippen LogP contribution in [0.25, 0.3) is 6.08 Å². The first-order valence-electron chi connectivity index (χ1n) is 21.0. The molecule has 0 aliphatic carbocycles. The number of aromatic nitrogens is 1. The summed E-state index contributed by atoms with van der Waals surface area (Å²) in [5, 5.41) is 52.8. The average molecular weight is 852 g/mol. The third kappa shape index (κ3) is 17.0. The molecule has 5 N–H and O–H groups in total. The summed E-state index contributed by atoms with van der Waals surface area (Å²) in [4.78, 5) is 17.2. The highest BCUT2D eigenvalue weighted by atomic mass is 16.6. The second-order valence-electron chi connectivity index (χ2n) is 16.0. The standard InChI is InChI=1S/C48H69NO12/c1-30-20-14-10-13-17-25-43(54)60-36(7)45(33(4)39(52)27-32(3)50)61-41(31(2)26-30)23-19-18-21-37-29-58-48(49-37)34(5)40(53)28-38(51)22-15-11-12-16-24-42-46(56-8)47(57-9)44(55)35(6)59-42/h10-26,29,31-36,38-42,44-47,50-53,55H,27-28H2,1-9H3/b12-11+,13-10+,20-14-,21-18+,22-15+,23-19-,24-16?,25-17-,30-26+/t31?,32?,33?,34?,35-,36?,38?,39?,40?,41?,42+,44-,45?,46+,47+/m1/s1. The number of hydrogen-bond donors (Lipinski definition) is 5. The second-order valence-corrected chi connectivity index (χ2v) is 16.0. The number of rotatable bonds is 17. The minimum absolute atomic E-state index is 0.0614. The fraction of sp³-hybridized carbons (Fsp3) is 0.542. The van der Waals surface area contributed by atoms with Gasteiger partial charge in [0.1, 0.15) is 42.5 Å². The number of esters is 1. The Kier molecular flexibility index (Phi) is 22.3. The zero-order valence-corrected chi connectivity index (χ0v) is 37.0. The van der Waals surface area contributed by atoms with Crippen LogP contribution in [0.5, 0.6) is 0 Å². The molecule has 10 unspecified atom stereocenters. The molecule has 1 aromatic heterocycles. The van der Waals surface area contributed by atoms with E-state index in [1.807, 2.05) is 57.2 Å². The minimum Gasteiger partial charge on any atom is -0.457 e. The first-order valence-corrected chi connectivity index (χ1v) is 21.0. The van der Waals surface area contributed by atoms with Crippen molar-refractivity contribution in [3.63, 3.8) is 0 Å². The smallest absolute Gasteiger partial charge is 0.331 e. The van der Waals surface area contributed by atoms with Crippen molar-refractivity contribution in [2.45, 2.75) is 140 Å². The molecule has 338 valence electrons. The topological polar surface area (TPSA) is 190 Å². The van der Waals surface area contributed by atoms with Crippen molar-refractivity contribution in [1.29, 1.82) is 0 Å². The summed E-state index contributed by atoms with van der Waals surface area (Å²) in [7, 11) is 3.07.